The van der Waals surface area contributed by atoms with Crippen molar-refractivity contribution in [1.82, 2.24) is 5.32 Å². The molecule has 1 amide bonds. The van der Waals surface area contributed by atoms with Crippen LogP contribution in [0.4, 0.5) is 0 Å². The quantitative estimate of drug-likeness (QED) is 0.832. The first-order valence-corrected chi connectivity index (χ1v) is 7.71. The number of benzene rings is 1. The van der Waals surface area contributed by atoms with E-state index in [-0.39, 0.29) is 11.3 Å². The van der Waals surface area contributed by atoms with Crippen molar-refractivity contribution in [2.45, 2.75) is 44.1 Å². The average Bonchev–Trinajstić information content (AvgIpc) is 2.34. The summed E-state index contributed by atoms with van der Waals surface area (Å²) in [4.78, 5) is 12.3. The van der Waals surface area contributed by atoms with Crippen molar-refractivity contribution < 1.29 is 4.79 Å². The van der Waals surface area contributed by atoms with Gasteiger partial charge in [-0.25, -0.2) is 0 Å². The number of amides is 1. The van der Waals surface area contributed by atoms with Crippen molar-refractivity contribution in [3.8, 4) is 0 Å². The highest BCUT2D eigenvalue weighted by Crippen LogP contribution is 2.43. The van der Waals surface area contributed by atoms with Crippen LogP contribution in [0, 0.1) is 5.41 Å². The second-order valence-corrected chi connectivity index (χ2v) is 6.54. The van der Waals surface area contributed by atoms with Gasteiger partial charge in [0.2, 0.25) is 5.91 Å². The lowest BCUT2D eigenvalue weighted by Gasteiger charge is -2.42. The molecule has 2 saturated carbocycles. The van der Waals surface area contributed by atoms with Gasteiger partial charge in [-0.1, -0.05) is 36.2 Å². The number of hydrogen-bond acceptors (Lipinski definition) is 1. The first-order valence-electron chi connectivity index (χ1n) is 7.33. The Hall–Kier alpha value is -1.28. The standard InChI is InChI=1S/C17H20ClNO/c1-2-17(8-3-9-17)16(20)19-15-10-13(11-15)12-4-6-14(18)7-5-12/h2,4-7,13,15H,1,3,8-11H2,(H,19,20). The minimum Gasteiger partial charge on any atom is -0.353 e. The highest BCUT2D eigenvalue weighted by molar-refractivity contribution is 6.30. The van der Waals surface area contributed by atoms with E-state index in [0.717, 1.165) is 37.1 Å². The Kier molecular flexibility index (Phi) is 3.59. The lowest BCUT2D eigenvalue weighted by Crippen LogP contribution is -2.51. The van der Waals surface area contributed by atoms with Crippen molar-refractivity contribution in [3.63, 3.8) is 0 Å². The largest absolute Gasteiger partial charge is 0.353 e. The van der Waals surface area contributed by atoms with Crippen LogP contribution >= 0.6 is 11.6 Å². The van der Waals surface area contributed by atoms with Gasteiger partial charge in [-0.05, 0) is 49.3 Å². The lowest BCUT2D eigenvalue weighted by molar-refractivity contribution is -0.133. The van der Waals surface area contributed by atoms with Gasteiger partial charge in [-0.3, -0.25) is 4.79 Å². The van der Waals surface area contributed by atoms with Gasteiger partial charge >= 0.3 is 0 Å². The molecule has 3 rings (SSSR count). The highest BCUT2D eigenvalue weighted by atomic mass is 35.5. The number of hydrogen-bond donors (Lipinski definition) is 1. The van der Waals surface area contributed by atoms with Crippen molar-refractivity contribution >= 4 is 17.5 Å². The third-order valence-corrected chi connectivity index (χ3v) is 5.16. The molecule has 2 nitrogen and oxygen atoms in total. The normalized spacial score (nSPS) is 27.1. The number of halogens is 1. The summed E-state index contributed by atoms with van der Waals surface area (Å²) in [5.74, 6) is 0.733. The minimum absolute atomic E-state index is 0.179. The molecule has 0 unspecified atom stereocenters. The van der Waals surface area contributed by atoms with Crippen molar-refractivity contribution in [2.24, 2.45) is 5.41 Å². The van der Waals surface area contributed by atoms with E-state index >= 15 is 0 Å². The van der Waals surface area contributed by atoms with Gasteiger partial charge in [0.25, 0.3) is 0 Å². The second-order valence-electron chi connectivity index (χ2n) is 6.10. The van der Waals surface area contributed by atoms with E-state index in [2.05, 4.69) is 24.0 Å². The van der Waals surface area contributed by atoms with E-state index in [4.69, 9.17) is 11.6 Å². The third kappa shape index (κ3) is 2.37. The predicted octanol–water partition coefficient (Wildman–Crippen LogP) is 4.06. The van der Waals surface area contributed by atoms with E-state index < -0.39 is 0 Å². The lowest BCUT2D eigenvalue weighted by atomic mass is 9.67. The molecule has 1 N–H and O–H groups in total. The second kappa shape index (κ2) is 5.25. The van der Waals surface area contributed by atoms with E-state index in [1.54, 1.807) is 0 Å². The van der Waals surface area contributed by atoms with Gasteiger partial charge in [0.15, 0.2) is 0 Å². The van der Waals surface area contributed by atoms with Crippen LogP contribution in [0.2, 0.25) is 5.02 Å². The third-order valence-electron chi connectivity index (χ3n) is 4.90. The van der Waals surface area contributed by atoms with Gasteiger partial charge in [-0.15, -0.1) is 6.58 Å². The SMILES string of the molecule is C=CC1(C(=O)NC2CC(c3ccc(Cl)cc3)C2)CCC1. The van der Waals surface area contributed by atoms with Crippen LogP contribution in [0.15, 0.2) is 36.9 Å². The van der Waals surface area contributed by atoms with Gasteiger partial charge in [0.05, 0.1) is 5.41 Å². The Labute approximate surface area is 125 Å². The van der Waals surface area contributed by atoms with Crippen LogP contribution in [0.3, 0.4) is 0 Å². The molecule has 0 aliphatic heterocycles. The van der Waals surface area contributed by atoms with E-state index in [1.807, 2.05) is 18.2 Å². The van der Waals surface area contributed by atoms with Gasteiger partial charge < -0.3 is 5.32 Å². The molecule has 0 atom stereocenters. The van der Waals surface area contributed by atoms with Gasteiger partial charge in [-0.2, -0.15) is 0 Å². The maximum absolute atomic E-state index is 12.3. The molecule has 2 aliphatic carbocycles. The predicted molar refractivity (Wildman–Crippen MR) is 81.8 cm³/mol. The topological polar surface area (TPSA) is 29.1 Å². The van der Waals surface area contributed by atoms with Crippen LogP contribution in [-0.2, 0) is 4.79 Å². The van der Waals surface area contributed by atoms with Crippen LogP contribution in [0.25, 0.3) is 0 Å². The fourth-order valence-electron chi connectivity index (χ4n) is 3.15. The fraction of sp³-hybridized carbons (Fsp3) is 0.471. The summed E-state index contributed by atoms with van der Waals surface area (Å²) >= 11 is 5.90. The smallest absolute Gasteiger partial charge is 0.230 e. The van der Waals surface area contributed by atoms with Gasteiger partial charge in [0, 0.05) is 11.1 Å². The maximum atomic E-state index is 12.3. The zero-order chi connectivity index (χ0) is 14.2. The Morgan fingerprint density at radius 1 is 1.30 bits per heavy atom. The molecule has 0 spiro atoms. The zero-order valence-electron chi connectivity index (χ0n) is 11.6. The van der Waals surface area contributed by atoms with E-state index in [0.29, 0.717) is 12.0 Å². The van der Waals surface area contributed by atoms with Crippen molar-refractivity contribution in [3.05, 3.63) is 47.5 Å². The Bertz CT molecular complexity index is 512. The summed E-state index contributed by atoms with van der Waals surface area (Å²) in [7, 11) is 0. The number of carbonyl (C=O) groups excluding carboxylic acids is 1. The molecule has 106 valence electrons. The molecule has 0 bridgehead atoms. The molecule has 1 aromatic rings. The Morgan fingerprint density at radius 2 is 1.95 bits per heavy atom. The molecule has 0 heterocycles. The van der Waals surface area contributed by atoms with Crippen LogP contribution in [0.1, 0.15) is 43.6 Å². The monoisotopic (exact) mass is 289 g/mol. The maximum Gasteiger partial charge on any atom is 0.230 e. The molecular formula is C17H20ClNO. The highest BCUT2D eigenvalue weighted by Gasteiger charge is 2.43. The average molecular weight is 290 g/mol. The molecule has 0 radical (unpaired) electrons. The summed E-state index contributed by atoms with van der Waals surface area (Å²) in [5, 5.41) is 3.96. The Balaban J connectivity index is 1.52. The summed E-state index contributed by atoms with van der Waals surface area (Å²) in [6.45, 7) is 3.82. The summed E-state index contributed by atoms with van der Waals surface area (Å²) in [5.41, 5.74) is 1.05. The molecule has 1 aromatic carbocycles. The number of carbonyl (C=O) groups is 1. The molecule has 2 fully saturated rings. The molecule has 2 aliphatic rings. The number of rotatable bonds is 4. The van der Waals surface area contributed by atoms with E-state index in [1.165, 1.54) is 5.56 Å². The van der Waals surface area contributed by atoms with Crippen molar-refractivity contribution in [2.75, 3.05) is 0 Å². The van der Waals surface area contributed by atoms with Gasteiger partial charge in [0.1, 0.15) is 0 Å². The van der Waals surface area contributed by atoms with Crippen LogP contribution in [0.5, 0.6) is 0 Å². The Morgan fingerprint density at radius 3 is 2.45 bits per heavy atom. The summed E-state index contributed by atoms with van der Waals surface area (Å²) < 4.78 is 0. The van der Waals surface area contributed by atoms with Crippen LogP contribution < -0.4 is 5.32 Å². The van der Waals surface area contributed by atoms with Crippen molar-refractivity contribution in [1.29, 1.82) is 0 Å². The number of nitrogens with one attached hydrogen (secondary N) is 1. The molecule has 20 heavy (non-hydrogen) atoms. The first kappa shape index (κ1) is 13.7. The fourth-order valence-corrected chi connectivity index (χ4v) is 3.28. The molecule has 0 aromatic heterocycles. The summed E-state index contributed by atoms with van der Waals surface area (Å²) in [6, 6.07) is 8.36. The molecular weight excluding hydrogens is 270 g/mol. The minimum atomic E-state index is -0.272. The van der Waals surface area contributed by atoms with E-state index in [9.17, 15) is 4.79 Å². The van der Waals surface area contributed by atoms with Crippen LogP contribution in [-0.4, -0.2) is 11.9 Å². The molecule has 3 heteroatoms. The summed E-state index contributed by atoms with van der Waals surface area (Å²) in [6.07, 6.45) is 6.94. The zero-order valence-corrected chi connectivity index (χ0v) is 12.3. The molecule has 0 saturated heterocycles. The first-order chi connectivity index (χ1) is 9.63.